The Kier molecular flexibility index (Phi) is 4.04. The molecule has 1 aromatic heterocycles. The van der Waals surface area contributed by atoms with Crippen LogP contribution in [-0.4, -0.2) is 35.2 Å². The molecule has 0 aliphatic carbocycles. The number of carboxylic acids is 1. The fourth-order valence-electron chi connectivity index (χ4n) is 0.813. The number of ether oxygens (including phenoxy) is 1. The number of nitrogens with one attached hydrogen (secondary N) is 1. The Balaban J connectivity index is 2.44. The van der Waals surface area contributed by atoms with Crippen molar-refractivity contribution >= 4 is 28.4 Å². The van der Waals surface area contributed by atoms with Crippen LogP contribution >= 0.6 is 11.3 Å². The molecule has 0 fully saturated rings. The highest BCUT2D eigenvalue weighted by molar-refractivity contribution is 7.13. The van der Waals surface area contributed by atoms with Gasteiger partial charge in [-0.3, -0.25) is 4.79 Å². The summed E-state index contributed by atoms with van der Waals surface area (Å²) in [5.74, 6) is -1.49. The van der Waals surface area contributed by atoms with E-state index in [0.717, 1.165) is 11.3 Å². The molecule has 0 aliphatic rings. The molecular formula is C8H10N2O4S. The van der Waals surface area contributed by atoms with Gasteiger partial charge in [-0.15, -0.1) is 11.3 Å². The fraction of sp³-hybridized carbons (Fsp3) is 0.375. The Bertz CT molecular complexity index is 363. The number of carbonyl (C=O) groups is 2. The maximum atomic E-state index is 10.9. The minimum Gasteiger partial charge on any atom is -0.476 e. The van der Waals surface area contributed by atoms with E-state index in [4.69, 9.17) is 5.11 Å². The Morgan fingerprint density at radius 2 is 2.40 bits per heavy atom. The summed E-state index contributed by atoms with van der Waals surface area (Å²) >= 11 is 1.13. The van der Waals surface area contributed by atoms with Crippen molar-refractivity contribution in [3.05, 3.63) is 11.1 Å². The molecule has 0 atom stereocenters. The number of thiazole rings is 1. The molecule has 1 rings (SSSR count). The zero-order chi connectivity index (χ0) is 11.3. The van der Waals surface area contributed by atoms with E-state index in [1.54, 1.807) is 6.92 Å². The van der Waals surface area contributed by atoms with Crippen LogP contribution in [0, 0.1) is 0 Å². The minimum atomic E-state index is -1.09. The molecule has 0 unspecified atom stereocenters. The third-order valence-corrected chi connectivity index (χ3v) is 2.21. The molecule has 0 saturated carbocycles. The Morgan fingerprint density at radius 3 is 2.93 bits per heavy atom. The van der Waals surface area contributed by atoms with Crippen LogP contribution in [0.4, 0.5) is 5.13 Å². The summed E-state index contributed by atoms with van der Waals surface area (Å²) in [7, 11) is 0. The van der Waals surface area contributed by atoms with Gasteiger partial charge in [0, 0.05) is 5.38 Å². The van der Waals surface area contributed by atoms with Crippen LogP contribution in [0.5, 0.6) is 0 Å². The summed E-state index contributed by atoms with van der Waals surface area (Å²) < 4.78 is 4.68. The monoisotopic (exact) mass is 230 g/mol. The number of aromatic carboxylic acids is 1. The summed E-state index contributed by atoms with van der Waals surface area (Å²) in [6.07, 6.45) is 0. The van der Waals surface area contributed by atoms with Crippen molar-refractivity contribution in [2.24, 2.45) is 0 Å². The minimum absolute atomic E-state index is 0.0135. The fourth-order valence-corrected chi connectivity index (χ4v) is 1.50. The lowest BCUT2D eigenvalue weighted by atomic mass is 10.5. The number of aromatic nitrogens is 1. The quantitative estimate of drug-likeness (QED) is 0.728. The van der Waals surface area contributed by atoms with Crippen molar-refractivity contribution in [2.45, 2.75) is 6.92 Å². The van der Waals surface area contributed by atoms with Crippen molar-refractivity contribution in [1.29, 1.82) is 0 Å². The number of carbonyl (C=O) groups excluding carboxylic acids is 1. The van der Waals surface area contributed by atoms with Gasteiger partial charge in [-0.1, -0.05) is 0 Å². The normalized spacial score (nSPS) is 9.67. The number of nitrogens with zero attached hydrogens (tertiary/aromatic N) is 1. The van der Waals surface area contributed by atoms with Crippen LogP contribution in [0.1, 0.15) is 17.4 Å². The van der Waals surface area contributed by atoms with Gasteiger partial charge in [-0.25, -0.2) is 9.78 Å². The topological polar surface area (TPSA) is 88.5 Å². The molecule has 0 spiro atoms. The number of esters is 1. The molecular weight excluding hydrogens is 220 g/mol. The highest BCUT2D eigenvalue weighted by atomic mass is 32.1. The van der Waals surface area contributed by atoms with E-state index in [9.17, 15) is 9.59 Å². The molecule has 0 radical (unpaired) electrons. The van der Waals surface area contributed by atoms with E-state index in [1.807, 2.05) is 0 Å². The van der Waals surface area contributed by atoms with E-state index in [2.05, 4.69) is 15.0 Å². The van der Waals surface area contributed by atoms with Gasteiger partial charge in [0.15, 0.2) is 10.8 Å². The van der Waals surface area contributed by atoms with E-state index in [0.29, 0.717) is 11.7 Å². The van der Waals surface area contributed by atoms with E-state index in [-0.39, 0.29) is 12.2 Å². The van der Waals surface area contributed by atoms with Gasteiger partial charge in [0.25, 0.3) is 0 Å². The summed E-state index contributed by atoms with van der Waals surface area (Å²) in [6, 6.07) is 0. The number of carboxylic acid groups (broad SMARTS) is 1. The van der Waals surface area contributed by atoms with Gasteiger partial charge in [0.05, 0.1) is 6.61 Å². The SMILES string of the molecule is CCOC(=O)CNc1nc(C(=O)O)cs1. The molecule has 6 nitrogen and oxygen atoms in total. The zero-order valence-corrected chi connectivity index (χ0v) is 8.84. The zero-order valence-electron chi connectivity index (χ0n) is 8.02. The standard InChI is InChI=1S/C8H10N2O4S/c1-2-14-6(11)3-9-8-10-5(4-15-8)7(12)13/h4H,2-3H2,1H3,(H,9,10)(H,12,13). The second kappa shape index (κ2) is 5.30. The third kappa shape index (κ3) is 3.55. The number of hydrogen-bond acceptors (Lipinski definition) is 6. The average Bonchev–Trinajstić information content (AvgIpc) is 2.63. The molecule has 82 valence electrons. The summed E-state index contributed by atoms with van der Waals surface area (Å²) in [5.41, 5.74) is -0.0358. The predicted molar refractivity (Wildman–Crippen MR) is 54.2 cm³/mol. The second-order valence-electron chi connectivity index (χ2n) is 2.50. The van der Waals surface area contributed by atoms with Crippen molar-refractivity contribution in [2.75, 3.05) is 18.5 Å². The molecule has 1 heterocycles. The molecule has 0 saturated heterocycles. The molecule has 0 aromatic carbocycles. The molecule has 0 amide bonds. The first-order valence-electron chi connectivity index (χ1n) is 4.21. The molecule has 7 heteroatoms. The van der Waals surface area contributed by atoms with E-state index < -0.39 is 11.9 Å². The van der Waals surface area contributed by atoms with Crippen molar-refractivity contribution in [3.8, 4) is 0 Å². The Hall–Kier alpha value is -1.63. The smallest absolute Gasteiger partial charge is 0.355 e. The van der Waals surface area contributed by atoms with Crippen LogP contribution in [0.25, 0.3) is 0 Å². The van der Waals surface area contributed by atoms with Crippen LogP contribution in [0.15, 0.2) is 5.38 Å². The lowest BCUT2D eigenvalue weighted by Crippen LogP contribution is -2.16. The largest absolute Gasteiger partial charge is 0.476 e. The van der Waals surface area contributed by atoms with E-state index >= 15 is 0 Å². The second-order valence-corrected chi connectivity index (χ2v) is 3.36. The van der Waals surface area contributed by atoms with Crippen molar-refractivity contribution in [1.82, 2.24) is 4.98 Å². The summed E-state index contributed by atoms with van der Waals surface area (Å²) in [6.45, 7) is 2.02. The van der Waals surface area contributed by atoms with Crippen LogP contribution in [-0.2, 0) is 9.53 Å². The Labute approximate surface area is 89.9 Å². The van der Waals surface area contributed by atoms with Crippen molar-refractivity contribution in [3.63, 3.8) is 0 Å². The number of anilines is 1. The summed E-state index contributed by atoms with van der Waals surface area (Å²) in [5, 5.41) is 13.0. The first-order chi connectivity index (χ1) is 7.13. The maximum Gasteiger partial charge on any atom is 0.355 e. The van der Waals surface area contributed by atoms with Crippen molar-refractivity contribution < 1.29 is 19.4 Å². The van der Waals surface area contributed by atoms with Crippen LogP contribution in [0.2, 0.25) is 0 Å². The lowest BCUT2D eigenvalue weighted by Gasteiger charge is -2.01. The molecule has 0 aliphatic heterocycles. The predicted octanol–water partition coefficient (Wildman–Crippen LogP) is 0.816. The first kappa shape index (κ1) is 11.4. The third-order valence-electron chi connectivity index (χ3n) is 1.41. The van der Waals surface area contributed by atoms with Gasteiger partial charge >= 0.3 is 11.9 Å². The molecule has 2 N–H and O–H groups in total. The van der Waals surface area contributed by atoms with Gasteiger partial charge in [-0.2, -0.15) is 0 Å². The maximum absolute atomic E-state index is 10.9. The summed E-state index contributed by atoms with van der Waals surface area (Å²) in [4.78, 5) is 25.2. The van der Waals surface area contributed by atoms with Gasteiger partial charge in [0.1, 0.15) is 6.54 Å². The first-order valence-corrected chi connectivity index (χ1v) is 5.09. The lowest BCUT2D eigenvalue weighted by molar-refractivity contribution is -0.140. The Morgan fingerprint density at radius 1 is 1.67 bits per heavy atom. The highest BCUT2D eigenvalue weighted by Crippen LogP contribution is 2.14. The van der Waals surface area contributed by atoms with E-state index in [1.165, 1.54) is 5.38 Å². The van der Waals surface area contributed by atoms with Crippen LogP contribution in [0.3, 0.4) is 0 Å². The molecule has 1 aromatic rings. The number of hydrogen-bond donors (Lipinski definition) is 2. The van der Waals surface area contributed by atoms with Gasteiger partial charge < -0.3 is 15.2 Å². The van der Waals surface area contributed by atoms with Gasteiger partial charge in [-0.05, 0) is 6.92 Å². The average molecular weight is 230 g/mol. The molecule has 0 bridgehead atoms. The highest BCUT2D eigenvalue weighted by Gasteiger charge is 2.09. The molecule has 15 heavy (non-hydrogen) atoms. The van der Waals surface area contributed by atoms with Crippen LogP contribution < -0.4 is 5.32 Å². The van der Waals surface area contributed by atoms with Gasteiger partial charge in [0.2, 0.25) is 0 Å². The number of rotatable bonds is 5.